The number of rotatable bonds is 3. The van der Waals surface area contributed by atoms with E-state index in [0.29, 0.717) is 22.6 Å². The zero-order chi connectivity index (χ0) is 14.1. The average Bonchev–Trinajstić information content (AvgIpc) is 2.88. The SMILES string of the molecule is CCCn1cnc2c(cnn2-c2ccc(Cl)cc2)c1=O. The number of aryl methyl sites for hydroxylation is 1. The summed E-state index contributed by atoms with van der Waals surface area (Å²) < 4.78 is 3.25. The van der Waals surface area contributed by atoms with E-state index in [1.807, 2.05) is 19.1 Å². The van der Waals surface area contributed by atoms with Crippen LogP contribution in [0.4, 0.5) is 0 Å². The Morgan fingerprint density at radius 2 is 2.00 bits per heavy atom. The van der Waals surface area contributed by atoms with Gasteiger partial charge in [0.05, 0.1) is 18.2 Å². The predicted molar refractivity (Wildman–Crippen MR) is 78.4 cm³/mol. The van der Waals surface area contributed by atoms with Crippen molar-refractivity contribution in [1.82, 2.24) is 19.3 Å². The van der Waals surface area contributed by atoms with E-state index in [2.05, 4.69) is 10.1 Å². The fourth-order valence-electron chi connectivity index (χ4n) is 2.12. The van der Waals surface area contributed by atoms with Crippen LogP contribution in [0.2, 0.25) is 5.02 Å². The molecule has 5 nitrogen and oxygen atoms in total. The minimum absolute atomic E-state index is 0.0583. The first kappa shape index (κ1) is 12.9. The molecule has 0 saturated carbocycles. The van der Waals surface area contributed by atoms with Gasteiger partial charge in [-0.3, -0.25) is 9.36 Å². The topological polar surface area (TPSA) is 52.7 Å². The van der Waals surface area contributed by atoms with Gasteiger partial charge in [-0.25, -0.2) is 9.67 Å². The summed E-state index contributed by atoms with van der Waals surface area (Å²) in [5.41, 5.74) is 1.33. The van der Waals surface area contributed by atoms with Gasteiger partial charge in [-0.2, -0.15) is 5.10 Å². The highest BCUT2D eigenvalue weighted by molar-refractivity contribution is 6.30. The van der Waals surface area contributed by atoms with Crippen molar-refractivity contribution in [3.05, 3.63) is 52.2 Å². The molecule has 0 N–H and O–H groups in total. The van der Waals surface area contributed by atoms with Crippen LogP contribution in [0.25, 0.3) is 16.7 Å². The molecule has 2 heterocycles. The van der Waals surface area contributed by atoms with Gasteiger partial charge in [0, 0.05) is 11.6 Å². The Hall–Kier alpha value is -2.14. The zero-order valence-corrected chi connectivity index (χ0v) is 11.7. The summed E-state index contributed by atoms with van der Waals surface area (Å²) in [5, 5.41) is 5.44. The minimum Gasteiger partial charge on any atom is -0.299 e. The van der Waals surface area contributed by atoms with E-state index in [4.69, 9.17) is 11.6 Å². The molecule has 0 saturated heterocycles. The lowest BCUT2D eigenvalue weighted by atomic mass is 10.3. The second kappa shape index (κ2) is 5.09. The molecule has 6 heteroatoms. The molecule has 0 atom stereocenters. The first-order valence-corrected chi connectivity index (χ1v) is 6.77. The summed E-state index contributed by atoms with van der Waals surface area (Å²) in [4.78, 5) is 16.6. The summed E-state index contributed by atoms with van der Waals surface area (Å²) in [6.45, 7) is 2.68. The lowest BCUT2D eigenvalue weighted by Crippen LogP contribution is -2.20. The van der Waals surface area contributed by atoms with Gasteiger partial charge >= 0.3 is 0 Å². The quantitative estimate of drug-likeness (QED) is 0.744. The van der Waals surface area contributed by atoms with Crippen LogP contribution in [0.1, 0.15) is 13.3 Å². The van der Waals surface area contributed by atoms with Crippen molar-refractivity contribution in [1.29, 1.82) is 0 Å². The molecule has 102 valence electrons. The highest BCUT2D eigenvalue weighted by Gasteiger charge is 2.10. The molecule has 0 unspecified atom stereocenters. The van der Waals surface area contributed by atoms with Crippen molar-refractivity contribution in [2.24, 2.45) is 0 Å². The molecule has 3 rings (SSSR count). The Balaban J connectivity index is 2.17. The lowest BCUT2D eigenvalue weighted by molar-refractivity contribution is 0.647. The van der Waals surface area contributed by atoms with Crippen LogP contribution in [0, 0.1) is 0 Å². The van der Waals surface area contributed by atoms with Crippen molar-refractivity contribution in [3.63, 3.8) is 0 Å². The van der Waals surface area contributed by atoms with Gasteiger partial charge in [-0.05, 0) is 30.7 Å². The Kier molecular flexibility index (Phi) is 3.28. The van der Waals surface area contributed by atoms with Crippen LogP contribution in [-0.4, -0.2) is 19.3 Å². The molecule has 0 bridgehead atoms. The molecule has 0 radical (unpaired) electrons. The smallest absolute Gasteiger partial charge is 0.264 e. The van der Waals surface area contributed by atoms with Crippen molar-refractivity contribution >= 4 is 22.6 Å². The third-order valence-electron chi connectivity index (χ3n) is 3.09. The fraction of sp³-hybridized carbons (Fsp3) is 0.214. The van der Waals surface area contributed by atoms with Crippen LogP contribution in [0.15, 0.2) is 41.6 Å². The van der Waals surface area contributed by atoms with Crippen molar-refractivity contribution in [3.8, 4) is 5.69 Å². The van der Waals surface area contributed by atoms with Crippen LogP contribution in [-0.2, 0) is 6.54 Å². The summed E-state index contributed by atoms with van der Waals surface area (Å²) in [6.07, 6.45) is 4.02. The molecule has 0 aliphatic carbocycles. The van der Waals surface area contributed by atoms with E-state index < -0.39 is 0 Å². The van der Waals surface area contributed by atoms with Crippen molar-refractivity contribution in [2.45, 2.75) is 19.9 Å². The number of nitrogens with zero attached hydrogens (tertiary/aromatic N) is 4. The van der Waals surface area contributed by atoms with Gasteiger partial charge in [0.2, 0.25) is 0 Å². The summed E-state index contributed by atoms with van der Waals surface area (Å²) in [6, 6.07) is 7.24. The molecule has 0 aliphatic rings. The van der Waals surface area contributed by atoms with Gasteiger partial charge < -0.3 is 0 Å². The van der Waals surface area contributed by atoms with E-state index in [1.165, 1.54) is 0 Å². The average molecular weight is 289 g/mol. The Bertz CT molecular complexity index is 804. The number of fused-ring (bicyclic) bond motifs is 1. The maximum Gasteiger partial charge on any atom is 0.264 e. The van der Waals surface area contributed by atoms with E-state index >= 15 is 0 Å². The summed E-state index contributed by atoms with van der Waals surface area (Å²) >= 11 is 5.87. The van der Waals surface area contributed by atoms with Crippen molar-refractivity contribution in [2.75, 3.05) is 0 Å². The fourth-order valence-corrected chi connectivity index (χ4v) is 2.25. The first-order valence-electron chi connectivity index (χ1n) is 6.40. The Labute approximate surface area is 120 Å². The third kappa shape index (κ3) is 2.10. The third-order valence-corrected chi connectivity index (χ3v) is 3.34. The molecule has 3 aromatic rings. The number of benzene rings is 1. The molecule has 0 spiro atoms. The maximum atomic E-state index is 12.3. The molecule has 2 aromatic heterocycles. The number of hydrogen-bond acceptors (Lipinski definition) is 3. The van der Waals surface area contributed by atoms with Crippen LogP contribution < -0.4 is 5.56 Å². The second-order valence-corrected chi connectivity index (χ2v) is 4.95. The second-order valence-electron chi connectivity index (χ2n) is 4.51. The van der Waals surface area contributed by atoms with Crippen LogP contribution in [0.5, 0.6) is 0 Å². The number of aromatic nitrogens is 4. The van der Waals surface area contributed by atoms with Crippen molar-refractivity contribution < 1.29 is 0 Å². The standard InChI is InChI=1S/C14H13ClN4O/c1-2-7-18-9-16-13-12(14(18)20)8-17-19(13)11-5-3-10(15)4-6-11/h3-6,8-9H,2,7H2,1H3. The monoisotopic (exact) mass is 288 g/mol. The van der Waals surface area contributed by atoms with Gasteiger partial charge in [-0.15, -0.1) is 0 Å². The number of hydrogen-bond donors (Lipinski definition) is 0. The highest BCUT2D eigenvalue weighted by atomic mass is 35.5. The van der Waals surface area contributed by atoms with Crippen LogP contribution in [0.3, 0.4) is 0 Å². The largest absolute Gasteiger partial charge is 0.299 e. The van der Waals surface area contributed by atoms with E-state index in [0.717, 1.165) is 12.1 Å². The van der Waals surface area contributed by atoms with Gasteiger partial charge in [-0.1, -0.05) is 18.5 Å². The van der Waals surface area contributed by atoms with E-state index in [-0.39, 0.29) is 5.56 Å². The zero-order valence-electron chi connectivity index (χ0n) is 11.0. The normalized spacial score (nSPS) is 11.1. The van der Waals surface area contributed by atoms with Gasteiger partial charge in [0.1, 0.15) is 5.39 Å². The summed E-state index contributed by atoms with van der Waals surface area (Å²) in [7, 11) is 0. The molecule has 0 fully saturated rings. The first-order chi connectivity index (χ1) is 9.70. The van der Waals surface area contributed by atoms with E-state index in [1.54, 1.807) is 33.9 Å². The lowest BCUT2D eigenvalue weighted by Gasteiger charge is -2.05. The molecular formula is C14H13ClN4O. The Morgan fingerprint density at radius 1 is 1.25 bits per heavy atom. The molecule has 0 amide bonds. The minimum atomic E-state index is -0.0583. The molecule has 20 heavy (non-hydrogen) atoms. The van der Waals surface area contributed by atoms with Gasteiger partial charge in [0.25, 0.3) is 5.56 Å². The Morgan fingerprint density at radius 3 is 2.70 bits per heavy atom. The predicted octanol–water partition coefficient (Wildman–Crippen LogP) is 2.65. The summed E-state index contributed by atoms with van der Waals surface area (Å²) in [5.74, 6) is 0. The molecule has 1 aromatic carbocycles. The van der Waals surface area contributed by atoms with Crippen LogP contribution >= 0.6 is 11.6 Å². The maximum absolute atomic E-state index is 12.3. The molecule has 0 aliphatic heterocycles. The number of halogens is 1. The highest BCUT2D eigenvalue weighted by Crippen LogP contribution is 2.16. The van der Waals surface area contributed by atoms with Gasteiger partial charge in [0.15, 0.2) is 5.65 Å². The van der Waals surface area contributed by atoms with E-state index in [9.17, 15) is 4.79 Å². The molecular weight excluding hydrogens is 276 g/mol.